The molecule has 4 aromatic heterocycles. The van der Waals surface area contributed by atoms with Gasteiger partial charge in [0, 0.05) is 63.5 Å². The Hall–Kier alpha value is -7.64. The summed E-state index contributed by atoms with van der Waals surface area (Å²) < 4.78 is 2.34. The predicted octanol–water partition coefficient (Wildman–Crippen LogP) is 10.9. The summed E-state index contributed by atoms with van der Waals surface area (Å²) in [5, 5.41) is 11.4. The Balaban J connectivity index is 1.14. The van der Waals surface area contributed by atoms with E-state index in [-0.39, 0.29) is 0 Å². The molecule has 0 aliphatic heterocycles. The van der Waals surface area contributed by atoms with Crippen LogP contribution in [0.5, 0.6) is 0 Å². The van der Waals surface area contributed by atoms with Crippen LogP contribution in [0.4, 0.5) is 0 Å². The number of para-hydroxylation sites is 2. The Bertz CT molecular complexity index is 2850. The van der Waals surface area contributed by atoms with Crippen LogP contribution < -0.4 is 0 Å². The second-order valence-electron chi connectivity index (χ2n) is 13.0. The number of allylic oxidation sites excluding steroid dienone is 3. The number of rotatable bonds is 9. The molecule has 0 aliphatic rings. The number of pyridine rings is 2. The van der Waals surface area contributed by atoms with E-state index in [4.69, 9.17) is 20.4 Å². The number of benzene rings is 5. The van der Waals surface area contributed by atoms with Crippen molar-refractivity contribution in [3.05, 3.63) is 206 Å². The molecule has 0 atom stereocenters. The highest BCUT2D eigenvalue weighted by molar-refractivity contribution is 6.11. The van der Waals surface area contributed by atoms with Gasteiger partial charge in [-0.05, 0) is 71.3 Å². The van der Waals surface area contributed by atoms with Crippen LogP contribution in [0.15, 0.2) is 189 Å². The first-order valence-corrected chi connectivity index (χ1v) is 18.0. The minimum absolute atomic E-state index is 0.313. The second-order valence-corrected chi connectivity index (χ2v) is 13.0. The summed E-state index contributed by atoms with van der Waals surface area (Å²) >= 11 is 0. The quantitative estimate of drug-likeness (QED) is 0.119. The molecule has 1 N–H and O–H groups in total. The average molecular weight is 708 g/mol. The molecule has 260 valence electrons. The number of nitrogens with zero attached hydrogens (tertiary/aromatic N) is 6. The van der Waals surface area contributed by atoms with E-state index < -0.39 is 0 Å². The average Bonchev–Trinajstić information content (AvgIpc) is 3.60. The van der Waals surface area contributed by atoms with Crippen molar-refractivity contribution in [2.75, 3.05) is 0 Å². The molecule has 9 rings (SSSR count). The summed E-state index contributed by atoms with van der Waals surface area (Å²) in [7, 11) is 0. The van der Waals surface area contributed by atoms with Crippen LogP contribution in [0.25, 0.3) is 73.0 Å². The standard InChI is InChI=1S/C48H33N7/c49-43(35-25-29-51-30-26-35)31-39(16-15-33-23-27-50-28-24-33)48-53-46(36-9-3-1-4-10-36)52-47(54-48)37-19-17-34(18-20-37)38-21-22-42-41-13-7-8-14-44(41)55(45(42)32-38)40-11-5-2-6-12-40/h1-32,49H/b16-15+,39-31+,49-43?. The van der Waals surface area contributed by atoms with Gasteiger partial charge in [-0.15, -0.1) is 0 Å². The third-order valence-electron chi connectivity index (χ3n) is 9.54. The molecule has 7 nitrogen and oxygen atoms in total. The zero-order valence-electron chi connectivity index (χ0n) is 29.7. The number of fused-ring (bicyclic) bond motifs is 3. The van der Waals surface area contributed by atoms with Crippen molar-refractivity contribution in [3.63, 3.8) is 0 Å². The van der Waals surface area contributed by atoms with E-state index in [0.29, 0.717) is 28.8 Å². The first-order chi connectivity index (χ1) is 27.2. The minimum Gasteiger partial charge on any atom is -0.309 e. The number of aromatic nitrogens is 6. The SMILES string of the molecule is N=C(/C=C(\C=C\c1ccncc1)c1nc(-c2ccccc2)nc(-c2ccc(-c3ccc4c5ccccc5n(-c5ccccc5)c4c3)cc2)n1)c1ccncc1. The van der Waals surface area contributed by atoms with Crippen LogP contribution in [0, 0.1) is 5.41 Å². The van der Waals surface area contributed by atoms with Gasteiger partial charge in [-0.1, -0.05) is 115 Å². The van der Waals surface area contributed by atoms with Gasteiger partial charge in [-0.25, -0.2) is 15.0 Å². The molecule has 0 spiro atoms. The maximum atomic E-state index is 8.96. The van der Waals surface area contributed by atoms with Crippen molar-refractivity contribution < 1.29 is 0 Å². The Morgan fingerprint density at radius 2 is 1.09 bits per heavy atom. The van der Waals surface area contributed by atoms with Gasteiger partial charge in [-0.3, -0.25) is 9.97 Å². The normalized spacial score (nSPS) is 11.7. The van der Waals surface area contributed by atoms with Crippen molar-refractivity contribution in [3.8, 4) is 39.6 Å². The van der Waals surface area contributed by atoms with Gasteiger partial charge in [0.2, 0.25) is 0 Å². The molecule has 0 amide bonds. The first kappa shape index (κ1) is 33.2. The lowest BCUT2D eigenvalue weighted by Gasteiger charge is -2.11. The van der Waals surface area contributed by atoms with Crippen LogP contribution in [-0.2, 0) is 0 Å². The Kier molecular flexibility index (Phi) is 8.92. The van der Waals surface area contributed by atoms with Crippen molar-refractivity contribution >= 4 is 39.2 Å². The van der Waals surface area contributed by atoms with E-state index in [1.54, 1.807) is 30.9 Å². The van der Waals surface area contributed by atoms with Crippen LogP contribution in [-0.4, -0.2) is 35.2 Å². The van der Waals surface area contributed by atoms with Gasteiger partial charge >= 0.3 is 0 Å². The highest BCUT2D eigenvalue weighted by Gasteiger charge is 2.16. The molecule has 7 heteroatoms. The summed E-state index contributed by atoms with van der Waals surface area (Å²) in [5.74, 6) is 1.53. The molecule has 0 saturated carbocycles. The Morgan fingerprint density at radius 1 is 0.509 bits per heavy atom. The van der Waals surface area contributed by atoms with Crippen molar-refractivity contribution in [2.45, 2.75) is 0 Å². The van der Waals surface area contributed by atoms with E-state index in [2.05, 4.69) is 106 Å². The minimum atomic E-state index is 0.313. The van der Waals surface area contributed by atoms with Crippen LogP contribution >= 0.6 is 0 Å². The highest BCUT2D eigenvalue weighted by Crippen LogP contribution is 2.35. The molecule has 55 heavy (non-hydrogen) atoms. The molecule has 0 unspecified atom stereocenters. The van der Waals surface area contributed by atoms with Crippen LogP contribution in [0.3, 0.4) is 0 Å². The summed E-state index contributed by atoms with van der Waals surface area (Å²) in [6.07, 6.45) is 12.6. The zero-order valence-corrected chi connectivity index (χ0v) is 29.7. The third-order valence-corrected chi connectivity index (χ3v) is 9.54. The van der Waals surface area contributed by atoms with Crippen LogP contribution in [0.1, 0.15) is 17.0 Å². The van der Waals surface area contributed by atoms with Crippen LogP contribution in [0.2, 0.25) is 0 Å². The monoisotopic (exact) mass is 707 g/mol. The van der Waals surface area contributed by atoms with Gasteiger partial charge in [0.25, 0.3) is 0 Å². The smallest absolute Gasteiger partial charge is 0.164 e. The zero-order chi connectivity index (χ0) is 37.0. The van der Waals surface area contributed by atoms with Crippen molar-refractivity contribution in [1.82, 2.24) is 29.5 Å². The Morgan fingerprint density at radius 3 is 1.82 bits per heavy atom. The largest absolute Gasteiger partial charge is 0.309 e. The lowest BCUT2D eigenvalue weighted by atomic mass is 10.0. The lowest BCUT2D eigenvalue weighted by molar-refractivity contribution is 1.04. The van der Waals surface area contributed by atoms with Crippen molar-refractivity contribution in [2.24, 2.45) is 0 Å². The van der Waals surface area contributed by atoms with Gasteiger partial charge < -0.3 is 9.98 Å². The molecule has 5 aromatic carbocycles. The van der Waals surface area contributed by atoms with E-state index in [1.807, 2.05) is 72.8 Å². The Labute approximate surface area is 318 Å². The maximum Gasteiger partial charge on any atom is 0.164 e. The van der Waals surface area contributed by atoms with Gasteiger partial charge in [0.15, 0.2) is 17.5 Å². The maximum absolute atomic E-state index is 8.96. The molecule has 0 fully saturated rings. The predicted molar refractivity (Wildman–Crippen MR) is 223 cm³/mol. The highest BCUT2D eigenvalue weighted by atomic mass is 15.0. The van der Waals surface area contributed by atoms with Gasteiger partial charge in [0.05, 0.1) is 16.7 Å². The molecular weight excluding hydrogens is 675 g/mol. The lowest BCUT2D eigenvalue weighted by Crippen LogP contribution is -2.04. The van der Waals surface area contributed by atoms with E-state index >= 15 is 0 Å². The molecule has 4 heterocycles. The van der Waals surface area contributed by atoms with Gasteiger partial charge in [-0.2, -0.15) is 0 Å². The fourth-order valence-electron chi connectivity index (χ4n) is 6.79. The second kappa shape index (κ2) is 14.8. The third kappa shape index (κ3) is 6.86. The van der Waals surface area contributed by atoms with Gasteiger partial charge in [0.1, 0.15) is 0 Å². The summed E-state index contributed by atoms with van der Waals surface area (Å²) in [6.45, 7) is 0. The summed E-state index contributed by atoms with van der Waals surface area (Å²) in [6, 6.07) is 51.5. The van der Waals surface area contributed by atoms with E-state index in [9.17, 15) is 0 Å². The van der Waals surface area contributed by atoms with E-state index in [0.717, 1.165) is 44.6 Å². The molecule has 0 radical (unpaired) electrons. The van der Waals surface area contributed by atoms with Crippen molar-refractivity contribution in [1.29, 1.82) is 5.41 Å². The molecular formula is C48H33N7. The molecule has 9 aromatic rings. The topological polar surface area (TPSA) is 93.2 Å². The number of hydrogen-bond donors (Lipinski definition) is 1. The fourth-order valence-corrected chi connectivity index (χ4v) is 6.79. The number of hydrogen-bond acceptors (Lipinski definition) is 6. The van der Waals surface area contributed by atoms with E-state index in [1.165, 1.54) is 16.3 Å². The molecule has 0 bridgehead atoms. The molecule has 0 saturated heterocycles. The number of nitrogens with one attached hydrogen (secondary N) is 1. The summed E-state index contributed by atoms with van der Waals surface area (Å²) in [5.41, 5.74) is 10.1. The fraction of sp³-hybridized carbons (Fsp3) is 0. The molecule has 0 aliphatic carbocycles. The first-order valence-electron chi connectivity index (χ1n) is 18.0. The summed E-state index contributed by atoms with van der Waals surface area (Å²) in [4.78, 5) is 23.3.